The molecule has 0 spiro atoms. The topological polar surface area (TPSA) is 54.3 Å². The average molecular weight is 402 g/mol. The Bertz CT molecular complexity index is 870. The molecule has 1 aliphatic rings. The van der Waals surface area contributed by atoms with Crippen LogP contribution in [0.1, 0.15) is 42.6 Å². The molecule has 3 rings (SSSR count). The largest absolute Gasteiger partial charge is 0.349 e. The number of likely N-dealkylation sites (tertiary alicyclic amines) is 1. The standard InChI is InChI=1S/C22H28ClN3O2/c1-16(2)13-25-11-9-19(10-12-25)24-22(28)18-7-8-21(27)26(15-18)14-17-5-3-4-6-20(17)23/h3-8,15-16,19H,9-14H2,1-2H3,(H,24,28). The molecule has 150 valence electrons. The first-order chi connectivity index (χ1) is 13.4. The van der Waals surface area contributed by atoms with E-state index in [1.807, 2.05) is 18.2 Å². The molecule has 6 heteroatoms. The number of nitrogens with one attached hydrogen (secondary N) is 1. The number of benzene rings is 1. The monoisotopic (exact) mass is 401 g/mol. The predicted molar refractivity (Wildman–Crippen MR) is 113 cm³/mol. The second kappa shape index (κ2) is 9.39. The van der Waals surface area contributed by atoms with Gasteiger partial charge in [-0.05, 0) is 36.5 Å². The van der Waals surface area contributed by atoms with Crippen LogP contribution in [0.25, 0.3) is 0 Å². The highest BCUT2D eigenvalue weighted by Gasteiger charge is 2.21. The first-order valence-corrected chi connectivity index (χ1v) is 10.3. The highest BCUT2D eigenvalue weighted by molar-refractivity contribution is 6.31. The van der Waals surface area contributed by atoms with Gasteiger partial charge in [0.05, 0.1) is 12.1 Å². The highest BCUT2D eigenvalue weighted by Crippen LogP contribution is 2.16. The van der Waals surface area contributed by atoms with Crippen molar-refractivity contribution in [2.45, 2.75) is 39.3 Å². The molecule has 0 unspecified atom stereocenters. The number of piperidine rings is 1. The van der Waals surface area contributed by atoms with Crippen molar-refractivity contribution in [1.82, 2.24) is 14.8 Å². The average Bonchev–Trinajstić information content (AvgIpc) is 2.66. The second-order valence-corrected chi connectivity index (χ2v) is 8.32. The molecule has 1 aromatic carbocycles. The Labute approximate surface area is 171 Å². The number of rotatable bonds is 6. The molecule has 5 nitrogen and oxygen atoms in total. The number of hydrogen-bond acceptors (Lipinski definition) is 3. The lowest BCUT2D eigenvalue weighted by molar-refractivity contribution is 0.0906. The quantitative estimate of drug-likeness (QED) is 0.807. The van der Waals surface area contributed by atoms with E-state index in [4.69, 9.17) is 11.6 Å². The summed E-state index contributed by atoms with van der Waals surface area (Å²) >= 11 is 6.20. The van der Waals surface area contributed by atoms with Gasteiger partial charge in [0.25, 0.3) is 11.5 Å². The van der Waals surface area contributed by atoms with Gasteiger partial charge < -0.3 is 14.8 Å². The molecule has 1 aromatic heterocycles. The van der Waals surface area contributed by atoms with Crippen LogP contribution in [0.2, 0.25) is 5.02 Å². The molecule has 1 N–H and O–H groups in total. The third-order valence-electron chi connectivity index (χ3n) is 5.09. The number of pyridine rings is 1. The fraction of sp³-hybridized carbons (Fsp3) is 0.455. The van der Waals surface area contributed by atoms with E-state index in [-0.39, 0.29) is 17.5 Å². The second-order valence-electron chi connectivity index (χ2n) is 7.92. The smallest absolute Gasteiger partial charge is 0.252 e. The molecule has 2 heterocycles. The van der Waals surface area contributed by atoms with Gasteiger partial charge >= 0.3 is 0 Å². The first kappa shape index (κ1) is 20.6. The first-order valence-electron chi connectivity index (χ1n) is 9.89. The van der Waals surface area contributed by atoms with Crippen molar-refractivity contribution in [2.75, 3.05) is 19.6 Å². The van der Waals surface area contributed by atoms with Gasteiger partial charge in [0.2, 0.25) is 0 Å². The lowest BCUT2D eigenvalue weighted by atomic mass is 10.0. The van der Waals surface area contributed by atoms with Crippen LogP contribution in [-0.4, -0.2) is 41.1 Å². The van der Waals surface area contributed by atoms with Gasteiger partial charge in [-0.3, -0.25) is 9.59 Å². The zero-order valence-corrected chi connectivity index (χ0v) is 17.3. The summed E-state index contributed by atoms with van der Waals surface area (Å²) in [5, 5.41) is 3.73. The molecule has 1 fully saturated rings. The van der Waals surface area contributed by atoms with Crippen molar-refractivity contribution >= 4 is 17.5 Å². The molecule has 1 saturated heterocycles. The maximum absolute atomic E-state index is 12.7. The van der Waals surface area contributed by atoms with Crippen LogP contribution >= 0.6 is 11.6 Å². The number of hydrogen-bond donors (Lipinski definition) is 1. The van der Waals surface area contributed by atoms with Crippen molar-refractivity contribution in [1.29, 1.82) is 0 Å². The minimum atomic E-state index is -0.154. The maximum atomic E-state index is 12.7. The Morgan fingerprint density at radius 1 is 1.18 bits per heavy atom. The van der Waals surface area contributed by atoms with E-state index >= 15 is 0 Å². The molecule has 0 bridgehead atoms. The van der Waals surface area contributed by atoms with Gasteiger partial charge in [-0.1, -0.05) is 43.6 Å². The maximum Gasteiger partial charge on any atom is 0.252 e. The molecule has 2 aromatic rings. The molecule has 1 amide bonds. The summed E-state index contributed by atoms with van der Waals surface area (Å²) in [5.41, 5.74) is 1.19. The van der Waals surface area contributed by atoms with Crippen LogP contribution in [-0.2, 0) is 6.54 Å². The predicted octanol–water partition coefficient (Wildman–Crippen LogP) is 3.40. The van der Waals surface area contributed by atoms with Crippen molar-refractivity contribution in [2.24, 2.45) is 5.92 Å². The summed E-state index contributed by atoms with van der Waals surface area (Å²) in [6, 6.07) is 10.6. The van der Waals surface area contributed by atoms with Gasteiger partial charge in [0, 0.05) is 43.0 Å². The van der Waals surface area contributed by atoms with Crippen LogP contribution in [0.4, 0.5) is 0 Å². The number of aromatic nitrogens is 1. The zero-order valence-electron chi connectivity index (χ0n) is 16.5. The van der Waals surface area contributed by atoms with Crippen molar-refractivity contribution < 1.29 is 4.79 Å². The fourth-order valence-corrected chi connectivity index (χ4v) is 3.84. The number of carbonyl (C=O) groups is 1. The van der Waals surface area contributed by atoms with E-state index in [1.165, 1.54) is 10.6 Å². The molecule has 0 aliphatic carbocycles. The summed E-state index contributed by atoms with van der Waals surface area (Å²) in [5.74, 6) is 0.528. The Balaban J connectivity index is 1.63. The SMILES string of the molecule is CC(C)CN1CCC(NC(=O)c2ccc(=O)n(Cc3ccccc3Cl)c2)CC1. The van der Waals surface area contributed by atoms with Gasteiger partial charge in [-0.2, -0.15) is 0 Å². The highest BCUT2D eigenvalue weighted by atomic mass is 35.5. The van der Waals surface area contributed by atoms with E-state index in [0.29, 0.717) is 23.0 Å². The summed E-state index contributed by atoms with van der Waals surface area (Å²) in [6.45, 7) is 7.92. The molecule has 0 radical (unpaired) electrons. The Hall–Kier alpha value is -2.11. The Morgan fingerprint density at radius 2 is 1.89 bits per heavy atom. The van der Waals surface area contributed by atoms with Gasteiger partial charge in [-0.25, -0.2) is 0 Å². The fourth-order valence-electron chi connectivity index (χ4n) is 3.64. The molecule has 28 heavy (non-hydrogen) atoms. The molecule has 0 saturated carbocycles. The van der Waals surface area contributed by atoms with Crippen LogP contribution in [0.3, 0.4) is 0 Å². The minimum Gasteiger partial charge on any atom is -0.349 e. The van der Waals surface area contributed by atoms with Crippen molar-refractivity contribution in [3.05, 3.63) is 69.1 Å². The van der Waals surface area contributed by atoms with E-state index < -0.39 is 0 Å². The van der Waals surface area contributed by atoms with Crippen molar-refractivity contribution in [3.63, 3.8) is 0 Å². The minimum absolute atomic E-state index is 0.129. The third-order valence-corrected chi connectivity index (χ3v) is 5.46. The number of carbonyl (C=O) groups excluding carboxylic acids is 1. The van der Waals surface area contributed by atoms with E-state index in [2.05, 4.69) is 24.1 Å². The molecular formula is C22H28ClN3O2. The van der Waals surface area contributed by atoms with Crippen LogP contribution in [0.5, 0.6) is 0 Å². The van der Waals surface area contributed by atoms with Gasteiger partial charge in [0.1, 0.15) is 0 Å². The van der Waals surface area contributed by atoms with E-state index in [1.54, 1.807) is 18.3 Å². The van der Waals surface area contributed by atoms with Crippen LogP contribution < -0.4 is 10.9 Å². The number of halogens is 1. The molecule has 0 atom stereocenters. The summed E-state index contributed by atoms with van der Waals surface area (Å²) < 4.78 is 1.53. The lowest BCUT2D eigenvalue weighted by Gasteiger charge is -2.33. The van der Waals surface area contributed by atoms with E-state index in [9.17, 15) is 9.59 Å². The van der Waals surface area contributed by atoms with Crippen LogP contribution in [0.15, 0.2) is 47.4 Å². The van der Waals surface area contributed by atoms with E-state index in [0.717, 1.165) is 38.0 Å². The molecular weight excluding hydrogens is 374 g/mol. The summed E-state index contributed by atoms with van der Waals surface area (Å²) in [4.78, 5) is 27.4. The normalized spacial score (nSPS) is 15.7. The number of amides is 1. The third kappa shape index (κ3) is 5.46. The summed E-state index contributed by atoms with van der Waals surface area (Å²) in [6.07, 6.45) is 3.53. The molecule has 1 aliphatic heterocycles. The van der Waals surface area contributed by atoms with Gasteiger partial charge in [-0.15, -0.1) is 0 Å². The van der Waals surface area contributed by atoms with Crippen molar-refractivity contribution in [3.8, 4) is 0 Å². The Morgan fingerprint density at radius 3 is 2.57 bits per heavy atom. The lowest BCUT2D eigenvalue weighted by Crippen LogP contribution is -2.45. The van der Waals surface area contributed by atoms with Crippen LogP contribution in [0, 0.1) is 5.92 Å². The summed E-state index contributed by atoms with van der Waals surface area (Å²) in [7, 11) is 0. The zero-order chi connectivity index (χ0) is 20.1. The Kier molecular flexibility index (Phi) is 6.92. The van der Waals surface area contributed by atoms with Gasteiger partial charge in [0.15, 0.2) is 0 Å². The number of nitrogens with zero attached hydrogens (tertiary/aromatic N) is 2.